The van der Waals surface area contributed by atoms with Crippen molar-refractivity contribution < 1.29 is 19.7 Å². The van der Waals surface area contributed by atoms with Crippen LogP contribution in [-0.4, -0.2) is 46.4 Å². The number of carbonyl (C=O) groups excluding carboxylic acids is 1. The molecule has 146 valence electrons. The molecule has 0 heterocycles. The summed E-state index contributed by atoms with van der Waals surface area (Å²) in [5.74, 6) is -0.418. The molecular formula is C22H29NO4. The number of aliphatic hydroxyl groups excluding tert-OH is 2. The van der Waals surface area contributed by atoms with Crippen LogP contribution in [0.3, 0.4) is 0 Å². The van der Waals surface area contributed by atoms with E-state index < -0.39 is 24.2 Å². The second-order valence-electron chi connectivity index (χ2n) is 6.82. The summed E-state index contributed by atoms with van der Waals surface area (Å²) in [7, 11) is 1.33. The van der Waals surface area contributed by atoms with E-state index in [9.17, 15) is 15.0 Å². The van der Waals surface area contributed by atoms with Crippen molar-refractivity contribution in [2.75, 3.05) is 7.11 Å². The summed E-state index contributed by atoms with van der Waals surface area (Å²) in [5, 5.41) is 20.7. The zero-order chi connectivity index (χ0) is 19.8. The lowest BCUT2D eigenvalue weighted by Crippen LogP contribution is -2.49. The highest BCUT2D eigenvalue weighted by molar-refractivity contribution is 5.70. The highest BCUT2D eigenvalue weighted by Gasteiger charge is 2.34. The van der Waals surface area contributed by atoms with Crippen molar-refractivity contribution in [3.8, 4) is 0 Å². The number of hydrogen-bond donors (Lipinski definition) is 2. The molecule has 2 aromatic carbocycles. The Hall–Kier alpha value is -2.21. The highest BCUT2D eigenvalue weighted by Crippen LogP contribution is 2.28. The molecule has 5 nitrogen and oxygen atoms in total. The Kier molecular flexibility index (Phi) is 7.98. The first-order chi connectivity index (χ1) is 12.9. The minimum Gasteiger partial charge on any atom is -0.469 e. The van der Waals surface area contributed by atoms with Crippen molar-refractivity contribution in [1.82, 2.24) is 4.90 Å². The molecule has 2 aromatic rings. The third-order valence-corrected chi connectivity index (χ3v) is 4.91. The van der Waals surface area contributed by atoms with Crippen LogP contribution in [0, 0.1) is 0 Å². The Bertz CT molecular complexity index is 690. The summed E-state index contributed by atoms with van der Waals surface area (Å²) in [6.07, 6.45) is -2.06. The van der Waals surface area contributed by atoms with Gasteiger partial charge in [0.05, 0.1) is 25.7 Å². The number of carbonyl (C=O) groups is 1. The zero-order valence-corrected chi connectivity index (χ0v) is 16.2. The number of hydrogen-bond acceptors (Lipinski definition) is 5. The number of ether oxygens (including phenoxy) is 1. The van der Waals surface area contributed by atoms with E-state index in [0.29, 0.717) is 6.54 Å². The average Bonchev–Trinajstić information content (AvgIpc) is 2.70. The molecule has 4 atom stereocenters. The lowest BCUT2D eigenvalue weighted by molar-refractivity contribution is -0.145. The molecule has 0 aromatic heterocycles. The molecule has 0 fully saturated rings. The topological polar surface area (TPSA) is 70.0 Å². The van der Waals surface area contributed by atoms with Crippen LogP contribution in [0.15, 0.2) is 60.7 Å². The van der Waals surface area contributed by atoms with Gasteiger partial charge in [-0.3, -0.25) is 9.69 Å². The van der Waals surface area contributed by atoms with Gasteiger partial charge in [-0.05, 0) is 25.0 Å². The molecule has 0 aliphatic rings. The zero-order valence-electron chi connectivity index (χ0n) is 16.2. The van der Waals surface area contributed by atoms with Crippen LogP contribution in [-0.2, 0) is 16.1 Å². The van der Waals surface area contributed by atoms with Gasteiger partial charge in [-0.15, -0.1) is 0 Å². The quantitative estimate of drug-likeness (QED) is 0.663. The minimum atomic E-state index is -1.08. The van der Waals surface area contributed by atoms with Gasteiger partial charge in [0.1, 0.15) is 0 Å². The summed E-state index contributed by atoms with van der Waals surface area (Å²) in [5.41, 5.74) is 2.13. The third-order valence-electron chi connectivity index (χ3n) is 4.91. The van der Waals surface area contributed by atoms with Gasteiger partial charge in [0.2, 0.25) is 0 Å². The van der Waals surface area contributed by atoms with Gasteiger partial charge in [0, 0.05) is 18.6 Å². The van der Waals surface area contributed by atoms with Crippen LogP contribution in [0.4, 0.5) is 0 Å². The summed E-state index contributed by atoms with van der Waals surface area (Å²) >= 11 is 0. The number of rotatable bonds is 9. The molecular weight excluding hydrogens is 342 g/mol. The third kappa shape index (κ3) is 5.89. The van der Waals surface area contributed by atoms with Crippen LogP contribution in [0.25, 0.3) is 0 Å². The molecule has 0 saturated carbocycles. The predicted molar refractivity (Wildman–Crippen MR) is 105 cm³/mol. The first-order valence-corrected chi connectivity index (χ1v) is 9.21. The normalized spacial score (nSPS) is 15.8. The van der Waals surface area contributed by atoms with Gasteiger partial charge in [0.25, 0.3) is 0 Å². The van der Waals surface area contributed by atoms with Crippen molar-refractivity contribution in [2.24, 2.45) is 0 Å². The first-order valence-electron chi connectivity index (χ1n) is 9.21. The Labute approximate surface area is 161 Å². The fourth-order valence-electron chi connectivity index (χ4n) is 3.27. The molecule has 0 aliphatic carbocycles. The van der Waals surface area contributed by atoms with E-state index in [1.165, 1.54) is 14.0 Å². The number of esters is 1. The van der Waals surface area contributed by atoms with E-state index in [4.69, 9.17) is 4.74 Å². The Morgan fingerprint density at radius 3 is 2.07 bits per heavy atom. The SMILES string of the molecule is COC(=O)C[C@@H]([C@@H](O)[C@@H](C)O)N(Cc1ccccc1)[C@H](C)c1ccccc1. The Morgan fingerprint density at radius 1 is 1.00 bits per heavy atom. The van der Waals surface area contributed by atoms with E-state index in [2.05, 4.69) is 4.90 Å². The smallest absolute Gasteiger partial charge is 0.307 e. The first kappa shape index (κ1) is 21.1. The van der Waals surface area contributed by atoms with Crippen molar-refractivity contribution >= 4 is 5.97 Å². The standard InChI is InChI=1S/C22H29NO4/c1-16(19-12-8-5-9-13-19)23(15-18-10-6-4-7-11-18)20(14-21(25)27-3)22(26)17(2)24/h4-13,16-17,20,22,24,26H,14-15H2,1-3H3/t16-,17-,20+,22+/m1/s1. The van der Waals surface area contributed by atoms with Gasteiger partial charge in [-0.1, -0.05) is 60.7 Å². The highest BCUT2D eigenvalue weighted by atomic mass is 16.5. The maximum atomic E-state index is 12.0. The summed E-state index contributed by atoms with van der Waals surface area (Å²) in [4.78, 5) is 14.1. The molecule has 5 heteroatoms. The second kappa shape index (κ2) is 10.2. The predicted octanol–water partition coefficient (Wildman–Crippen LogP) is 2.92. The van der Waals surface area contributed by atoms with Crippen molar-refractivity contribution in [1.29, 1.82) is 0 Å². The monoisotopic (exact) mass is 371 g/mol. The van der Waals surface area contributed by atoms with Crippen LogP contribution in [0.2, 0.25) is 0 Å². The Balaban J connectivity index is 2.41. The summed E-state index contributed by atoms with van der Waals surface area (Å²) in [6.45, 7) is 4.10. The molecule has 0 spiro atoms. The van der Waals surface area contributed by atoms with E-state index in [0.717, 1.165) is 11.1 Å². The van der Waals surface area contributed by atoms with Crippen molar-refractivity contribution in [3.63, 3.8) is 0 Å². The maximum Gasteiger partial charge on any atom is 0.307 e. The van der Waals surface area contributed by atoms with E-state index in [1.54, 1.807) is 0 Å². The fourth-order valence-corrected chi connectivity index (χ4v) is 3.27. The van der Waals surface area contributed by atoms with Crippen LogP contribution >= 0.6 is 0 Å². The lowest BCUT2D eigenvalue weighted by atomic mass is 9.96. The molecule has 0 bridgehead atoms. The molecule has 0 unspecified atom stereocenters. The van der Waals surface area contributed by atoms with Crippen molar-refractivity contribution in [3.05, 3.63) is 71.8 Å². The molecule has 27 heavy (non-hydrogen) atoms. The molecule has 0 saturated heterocycles. The number of methoxy groups -OCH3 is 1. The van der Waals surface area contributed by atoms with Gasteiger partial charge < -0.3 is 14.9 Å². The maximum absolute atomic E-state index is 12.0. The number of benzene rings is 2. The largest absolute Gasteiger partial charge is 0.469 e. The number of nitrogens with zero attached hydrogens (tertiary/aromatic N) is 1. The van der Waals surface area contributed by atoms with Gasteiger partial charge in [-0.2, -0.15) is 0 Å². The molecule has 0 amide bonds. The van der Waals surface area contributed by atoms with E-state index in [-0.39, 0.29) is 12.5 Å². The van der Waals surface area contributed by atoms with Crippen LogP contribution < -0.4 is 0 Å². The minimum absolute atomic E-state index is 0.00737. The second-order valence-corrected chi connectivity index (χ2v) is 6.82. The van der Waals surface area contributed by atoms with Crippen LogP contribution in [0.5, 0.6) is 0 Å². The van der Waals surface area contributed by atoms with Crippen molar-refractivity contribution in [2.45, 2.75) is 51.1 Å². The van der Waals surface area contributed by atoms with Gasteiger partial charge in [0.15, 0.2) is 0 Å². The van der Waals surface area contributed by atoms with E-state index >= 15 is 0 Å². The lowest BCUT2D eigenvalue weighted by Gasteiger charge is -2.39. The molecule has 2 rings (SSSR count). The van der Waals surface area contributed by atoms with Gasteiger partial charge >= 0.3 is 5.97 Å². The molecule has 2 N–H and O–H groups in total. The molecule has 0 aliphatic heterocycles. The summed E-state index contributed by atoms with van der Waals surface area (Å²) in [6, 6.07) is 19.1. The summed E-state index contributed by atoms with van der Waals surface area (Å²) < 4.78 is 4.84. The fraction of sp³-hybridized carbons (Fsp3) is 0.409. The van der Waals surface area contributed by atoms with E-state index in [1.807, 2.05) is 67.6 Å². The van der Waals surface area contributed by atoms with Gasteiger partial charge in [-0.25, -0.2) is 0 Å². The van der Waals surface area contributed by atoms with Crippen LogP contribution in [0.1, 0.15) is 37.4 Å². The average molecular weight is 371 g/mol. The molecule has 0 radical (unpaired) electrons. The Morgan fingerprint density at radius 2 is 1.56 bits per heavy atom. The number of aliphatic hydroxyl groups is 2.